The van der Waals surface area contributed by atoms with Gasteiger partial charge in [-0.3, -0.25) is 4.79 Å². The van der Waals surface area contributed by atoms with Crippen LogP contribution in [0, 0.1) is 5.41 Å². The molecule has 0 aliphatic heterocycles. The molecule has 0 heterocycles. The molecule has 2 rings (SSSR count). The Balaban J connectivity index is 2.19. The lowest BCUT2D eigenvalue weighted by atomic mass is 9.68. The second-order valence-corrected chi connectivity index (χ2v) is 7.18. The van der Waals surface area contributed by atoms with Crippen LogP contribution >= 0.6 is 0 Å². The number of aldehydes is 1. The van der Waals surface area contributed by atoms with Crippen LogP contribution in [-0.2, 0) is 4.79 Å². The molecule has 2 aliphatic rings. The summed E-state index contributed by atoms with van der Waals surface area (Å²) < 4.78 is 0. The van der Waals surface area contributed by atoms with Gasteiger partial charge < -0.3 is 0 Å². The molecule has 0 unspecified atom stereocenters. The zero-order valence-corrected chi connectivity index (χ0v) is 14.4. The van der Waals surface area contributed by atoms with Crippen molar-refractivity contribution in [3.63, 3.8) is 0 Å². The van der Waals surface area contributed by atoms with E-state index in [1.54, 1.807) is 17.2 Å². The van der Waals surface area contributed by atoms with E-state index in [1.807, 2.05) is 19.1 Å². The minimum atomic E-state index is 0.332. The molecular weight excluding hydrogens is 268 g/mol. The predicted molar refractivity (Wildman–Crippen MR) is 94.7 cm³/mol. The van der Waals surface area contributed by atoms with Crippen LogP contribution < -0.4 is 0 Å². The van der Waals surface area contributed by atoms with Crippen LogP contribution in [0.2, 0.25) is 0 Å². The summed E-state index contributed by atoms with van der Waals surface area (Å²) in [4.78, 5) is 10.4. The third-order valence-electron chi connectivity index (χ3n) is 4.95. The second-order valence-electron chi connectivity index (χ2n) is 7.18. The number of hydrogen-bond acceptors (Lipinski definition) is 1. The van der Waals surface area contributed by atoms with Crippen LogP contribution in [0.1, 0.15) is 59.8 Å². The van der Waals surface area contributed by atoms with Gasteiger partial charge in [0.2, 0.25) is 0 Å². The zero-order chi connectivity index (χ0) is 16.2. The molecule has 0 atom stereocenters. The molecule has 0 N–H and O–H groups in total. The maximum Gasteiger partial charge on any atom is 0.143 e. The zero-order valence-electron chi connectivity index (χ0n) is 14.4. The van der Waals surface area contributed by atoms with Gasteiger partial charge in [0.25, 0.3) is 0 Å². The lowest BCUT2D eigenvalue weighted by molar-refractivity contribution is -0.104. The minimum Gasteiger partial charge on any atom is -0.299 e. The molecule has 0 saturated heterocycles. The molecule has 0 bridgehead atoms. The Labute approximate surface area is 135 Å². The predicted octanol–water partition coefficient (Wildman–Crippen LogP) is 5.86. The Morgan fingerprint density at radius 3 is 2.64 bits per heavy atom. The normalized spacial score (nSPS) is 22.6. The first-order valence-corrected chi connectivity index (χ1v) is 8.34. The Kier molecular flexibility index (Phi) is 5.39. The number of hydrogen-bond donors (Lipinski definition) is 0. The van der Waals surface area contributed by atoms with Crippen LogP contribution in [0.4, 0.5) is 0 Å². The summed E-state index contributed by atoms with van der Waals surface area (Å²) in [5.74, 6) is 0. The maximum atomic E-state index is 10.4. The van der Waals surface area contributed by atoms with Crippen molar-refractivity contribution in [1.82, 2.24) is 0 Å². The Morgan fingerprint density at radius 1 is 1.14 bits per heavy atom. The van der Waals surface area contributed by atoms with Gasteiger partial charge in [0.15, 0.2) is 0 Å². The molecule has 0 aromatic heterocycles. The number of allylic oxidation sites excluding steroid dienone is 10. The van der Waals surface area contributed by atoms with E-state index in [4.69, 9.17) is 0 Å². The van der Waals surface area contributed by atoms with Gasteiger partial charge in [-0.05, 0) is 79.7 Å². The van der Waals surface area contributed by atoms with Crippen LogP contribution in [0.15, 0.2) is 58.2 Å². The van der Waals surface area contributed by atoms with Crippen molar-refractivity contribution in [3.8, 4) is 0 Å². The standard InChI is InChI=1S/C21H28O/c1-16(12-14-22)7-5-8-17(2)19-11-10-18-9-6-13-21(3,4)20(18)15-19/h5,7-8,12,14-15H,6,9-11,13H2,1-4H3/b7-5+,16-12-,17-8+. The van der Waals surface area contributed by atoms with E-state index in [1.165, 1.54) is 36.8 Å². The molecule has 1 heteroatoms. The van der Waals surface area contributed by atoms with E-state index >= 15 is 0 Å². The molecule has 1 nitrogen and oxygen atoms in total. The largest absolute Gasteiger partial charge is 0.299 e. The topological polar surface area (TPSA) is 17.1 Å². The van der Waals surface area contributed by atoms with Crippen molar-refractivity contribution in [2.75, 3.05) is 0 Å². The molecule has 0 fully saturated rings. The van der Waals surface area contributed by atoms with Gasteiger partial charge in [-0.1, -0.05) is 43.7 Å². The SMILES string of the molecule is CC(=C/C=O)/C=C/C=C(\C)C1=CC2=C(CCCC2(C)C)CC1. The molecule has 0 aromatic carbocycles. The first-order chi connectivity index (χ1) is 10.4. The highest BCUT2D eigenvalue weighted by molar-refractivity contribution is 5.67. The summed E-state index contributed by atoms with van der Waals surface area (Å²) in [6.07, 6.45) is 17.4. The Bertz CT molecular complexity index is 591. The van der Waals surface area contributed by atoms with Gasteiger partial charge >= 0.3 is 0 Å². The highest BCUT2D eigenvalue weighted by Crippen LogP contribution is 2.46. The average Bonchev–Trinajstić information content (AvgIpc) is 2.47. The Morgan fingerprint density at radius 2 is 1.91 bits per heavy atom. The summed E-state index contributed by atoms with van der Waals surface area (Å²) in [7, 11) is 0. The molecule has 0 radical (unpaired) electrons. The highest BCUT2D eigenvalue weighted by atomic mass is 16.1. The lowest BCUT2D eigenvalue weighted by Gasteiger charge is -2.37. The summed E-state index contributed by atoms with van der Waals surface area (Å²) in [5.41, 5.74) is 7.40. The summed E-state index contributed by atoms with van der Waals surface area (Å²) in [5, 5.41) is 0. The van der Waals surface area contributed by atoms with Gasteiger partial charge in [0.05, 0.1) is 0 Å². The summed E-state index contributed by atoms with van der Waals surface area (Å²) in [6.45, 7) is 8.90. The highest BCUT2D eigenvalue weighted by Gasteiger charge is 2.30. The fraction of sp³-hybridized carbons (Fsp3) is 0.476. The van der Waals surface area contributed by atoms with E-state index in [0.29, 0.717) is 5.41 Å². The third kappa shape index (κ3) is 3.97. The van der Waals surface area contributed by atoms with E-state index in [0.717, 1.165) is 18.3 Å². The number of rotatable bonds is 4. The van der Waals surface area contributed by atoms with Crippen LogP contribution in [0.5, 0.6) is 0 Å². The van der Waals surface area contributed by atoms with Gasteiger partial charge in [-0.25, -0.2) is 0 Å². The molecular formula is C21H28O. The van der Waals surface area contributed by atoms with Crippen molar-refractivity contribution < 1.29 is 4.79 Å². The molecule has 118 valence electrons. The lowest BCUT2D eigenvalue weighted by Crippen LogP contribution is -2.22. The smallest absolute Gasteiger partial charge is 0.143 e. The van der Waals surface area contributed by atoms with Crippen molar-refractivity contribution in [1.29, 1.82) is 0 Å². The monoisotopic (exact) mass is 296 g/mol. The molecule has 0 saturated carbocycles. The van der Waals surface area contributed by atoms with Crippen LogP contribution in [0.25, 0.3) is 0 Å². The third-order valence-corrected chi connectivity index (χ3v) is 4.95. The first kappa shape index (κ1) is 16.7. The molecule has 0 aromatic rings. The maximum absolute atomic E-state index is 10.4. The minimum absolute atomic E-state index is 0.332. The summed E-state index contributed by atoms with van der Waals surface area (Å²) >= 11 is 0. The van der Waals surface area contributed by atoms with Gasteiger partial charge in [0.1, 0.15) is 6.29 Å². The molecule has 2 aliphatic carbocycles. The van der Waals surface area contributed by atoms with E-state index in [9.17, 15) is 4.79 Å². The number of carbonyl (C=O) groups excluding carboxylic acids is 1. The van der Waals surface area contributed by atoms with Crippen molar-refractivity contribution in [2.45, 2.75) is 59.8 Å². The molecule has 22 heavy (non-hydrogen) atoms. The van der Waals surface area contributed by atoms with Crippen molar-refractivity contribution in [3.05, 3.63) is 58.2 Å². The average molecular weight is 296 g/mol. The van der Waals surface area contributed by atoms with Crippen LogP contribution in [-0.4, -0.2) is 6.29 Å². The van der Waals surface area contributed by atoms with Gasteiger partial charge in [-0.2, -0.15) is 0 Å². The molecule has 0 amide bonds. The number of carbonyl (C=O) groups is 1. The quantitative estimate of drug-likeness (QED) is 0.361. The molecule has 0 spiro atoms. The van der Waals surface area contributed by atoms with Crippen LogP contribution in [0.3, 0.4) is 0 Å². The van der Waals surface area contributed by atoms with E-state index < -0.39 is 0 Å². The van der Waals surface area contributed by atoms with E-state index in [2.05, 4.69) is 32.9 Å². The van der Waals surface area contributed by atoms with Crippen molar-refractivity contribution >= 4 is 6.29 Å². The fourth-order valence-corrected chi connectivity index (χ4v) is 3.51. The van der Waals surface area contributed by atoms with Crippen molar-refractivity contribution in [2.24, 2.45) is 5.41 Å². The van der Waals surface area contributed by atoms with Gasteiger partial charge in [-0.15, -0.1) is 0 Å². The Hall–Kier alpha value is -1.63. The first-order valence-electron chi connectivity index (χ1n) is 8.34. The van der Waals surface area contributed by atoms with E-state index in [-0.39, 0.29) is 0 Å². The second kappa shape index (κ2) is 7.09. The fourth-order valence-electron chi connectivity index (χ4n) is 3.51. The summed E-state index contributed by atoms with van der Waals surface area (Å²) in [6, 6.07) is 0. The van der Waals surface area contributed by atoms with Gasteiger partial charge in [0, 0.05) is 0 Å².